The molecule has 0 saturated heterocycles. The first-order valence-corrected chi connectivity index (χ1v) is 7.02. The Morgan fingerprint density at radius 1 is 1.45 bits per heavy atom. The van der Waals surface area contributed by atoms with Gasteiger partial charge in [0.05, 0.1) is 18.6 Å². The van der Waals surface area contributed by atoms with Crippen LogP contribution in [0.3, 0.4) is 0 Å². The number of rotatable bonds is 7. The van der Waals surface area contributed by atoms with Gasteiger partial charge in [-0.05, 0) is 18.6 Å². The Hall–Kier alpha value is -1.96. The van der Waals surface area contributed by atoms with Crippen LogP contribution in [0.15, 0.2) is 22.8 Å². The van der Waals surface area contributed by atoms with E-state index in [1.807, 2.05) is 0 Å². The van der Waals surface area contributed by atoms with E-state index in [1.54, 1.807) is 19.1 Å². The van der Waals surface area contributed by atoms with Crippen LogP contribution < -0.4 is 10.6 Å². The van der Waals surface area contributed by atoms with Crippen LogP contribution in [-0.2, 0) is 16.1 Å². The van der Waals surface area contributed by atoms with E-state index in [2.05, 4.69) is 10.6 Å². The van der Waals surface area contributed by atoms with E-state index in [-0.39, 0.29) is 12.3 Å². The Morgan fingerprint density at radius 2 is 2.20 bits per heavy atom. The van der Waals surface area contributed by atoms with Crippen LogP contribution in [0.1, 0.15) is 19.1 Å². The molecule has 1 unspecified atom stereocenters. The molecule has 3 amide bonds. The van der Waals surface area contributed by atoms with E-state index in [0.717, 1.165) is 11.8 Å². The number of nitrogens with one attached hydrogen (secondary N) is 2. The fraction of sp³-hybridized carbons (Fsp3) is 0.417. The average Bonchev–Trinajstić information content (AvgIpc) is 2.89. The summed E-state index contributed by atoms with van der Waals surface area (Å²) >= 11 is 0.985. The lowest BCUT2D eigenvalue weighted by Crippen LogP contribution is -2.40. The molecule has 20 heavy (non-hydrogen) atoms. The highest BCUT2D eigenvalue weighted by Crippen LogP contribution is 2.14. The van der Waals surface area contributed by atoms with Crippen LogP contribution in [-0.4, -0.2) is 34.0 Å². The maximum Gasteiger partial charge on any atom is 0.321 e. The number of imide groups is 1. The highest BCUT2D eigenvalue weighted by Gasteiger charge is 2.17. The molecular weight excluding hydrogens is 284 g/mol. The first-order valence-electron chi connectivity index (χ1n) is 5.97. The summed E-state index contributed by atoms with van der Waals surface area (Å²) in [5, 5.41) is 12.7. The summed E-state index contributed by atoms with van der Waals surface area (Å²) in [6, 6.07) is 2.74. The van der Waals surface area contributed by atoms with Crippen molar-refractivity contribution in [3.63, 3.8) is 0 Å². The number of carbonyl (C=O) groups is 3. The van der Waals surface area contributed by atoms with Crippen LogP contribution in [0.25, 0.3) is 0 Å². The molecule has 0 fully saturated rings. The van der Waals surface area contributed by atoms with Gasteiger partial charge in [0.1, 0.15) is 11.0 Å². The minimum absolute atomic E-state index is 0.0843. The maximum absolute atomic E-state index is 11.4. The standard InChI is InChI=1S/C12H16N2O5S/c1-2-9(11(16)17)20-7-10(15)14-12(18)13-6-8-4-3-5-19-8/h3-5,9H,2,6-7H2,1H3,(H,16,17)(H2,13,14,15,18). The van der Waals surface area contributed by atoms with Gasteiger partial charge in [-0.2, -0.15) is 0 Å². The Balaban J connectivity index is 2.24. The van der Waals surface area contributed by atoms with Crippen molar-refractivity contribution in [2.75, 3.05) is 5.75 Å². The topological polar surface area (TPSA) is 109 Å². The Kier molecular flexibility index (Phi) is 6.65. The molecule has 1 aromatic rings. The number of carboxylic acid groups (broad SMARTS) is 1. The normalized spacial score (nSPS) is 11.7. The van der Waals surface area contributed by atoms with E-state index >= 15 is 0 Å². The lowest BCUT2D eigenvalue weighted by atomic mass is 10.3. The highest BCUT2D eigenvalue weighted by molar-refractivity contribution is 8.01. The van der Waals surface area contributed by atoms with Crippen molar-refractivity contribution in [2.24, 2.45) is 0 Å². The van der Waals surface area contributed by atoms with Crippen molar-refractivity contribution in [3.8, 4) is 0 Å². The summed E-state index contributed by atoms with van der Waals surface area (Å²) in [4.78, 5) is 33.6. The van der Waals surface area contributed by atoms with Crippen molar-refractivity contribution in [2.45, 2.75) is 25.1 Å². The minimum atomic E-state index is -0.965. The second-order valence-corrected chi connectivity index (χ2v) is 5.05. The summed E-state index contributed by atoms with van der Waals surface area (Å²) < 4.78 is 5.01. The van der Waals surface area contributed by atoms with Gasteiger partial charge in [-0.1, -0.05) is 6.92 Å². The molecule has 0 aromatic carbocycles. The number of carboxylic acids is 1. The molecule has 1 rings (SSSR count). The van der Waals surface area contributed by atoms with Crippen molar-refractivity contribution >= 4 is 29.7 Å². The van der Waals surface area contributed by atoms with Gasteiger partial charge < -0.3 is 14.8 Å². The number of hydrogen-bond donors (Lipinski definition) is 3. The number of urea groups is 1. The summed E-state index contributed by atoms with van der Waals surface area (Å²) in [6.07, 6.45) is 1.89. The summed E-state index contributed by atoms with van der Waals surface area (Å²) in [7, 11) is 0. The van der Waals surface area contributed by atoms with Gasteiger partial charge in [-0.3, -0.25) is 14.9 Å². The van der Waals surface area contributed by atoms with Crippen LogP contribution in [0.2, 0.25) is 0 Å². The maximum atomic E-state index is 11.4. The summed E-state index contributed by atoms with van der Waals surface area (Å²) in [5.41, 5.74) is 0. The van der Waals surface area contributed by atoms with Gasteiger partial charge in [0.2, 0.25) is 5.91 Å². The number of hydrogen-bond acceptors (Lipinski definition) is 5. The molecule has 0 aliphatic carbocycles. The van der Waals surface area contributed by atoms with E-state index < -0.39 is 23.2 Å². The van der Waals surface area contributed by atoms with Crippen molar-refractivity contribution in [1.82, 2.24) is 10.6 Å². The molecule has 110 valence electrons. The largest absolute Gasteiger partial charge is 0.480 e. The molecule has 0 saturated carbocycles. The third kappa shape index (κ3) is 5.79. The van der Waals surface area contributed by atoms with Crippen LogP contribution in [0.5, 0.6) is 0 Å². The third-order valence-corrected chi connectivity index (χ3v) is 3.68. The van der Waals surface area contributed by atoms with Gasteiger partial charge in [0, 0.05) is 0 Å². The molecule has 1 atom stereocenters. The van der Waals surface area contributed by atoms with Gasteiger partial charge in [0.15, 0.2) is 0 Å². The molecule has 0 bridgehead atoms. The molecule has 8 heteroatoms. The number of furan rings is 1. The molecule has 1 aromatic heterocycles. The molecule has 0 radical (unpaired) electrons. The van der Waals surface area contributed by atoms with Crippen LogP contribution in [0.4, 0.5) is 4.79 Å². The predicted octanol–water partition coefficient (Wildman–Crippen LogP) is 1.20. The number of amides is 3. The smallest absolute Gasteiger partial charge is 0.321 e. The number of carbonyl (C=O) groups excluding carboxylic acids is 2. The third-order valence-electron chi connectivity index (χ3n) is 2.32. The zero-order valence-electron chi connectivity index (χ0n) is 10.9. The van der Waals surface area contributed by atoms with E-state index in [1.165, 1.54) is 6.26 Å². The van der Waals surface area contributed by atoms with Crippen molar-refractivity contribution in [1.29, 1.82) is 0 Å². The lowest BCUT2D eigenvalue weighted by Gasteiger charge is -2.09. The average molecular weight is 300 g/mol. The van der Waals surface area contributed by atoms with Crippen molar-refractivity contribution < 1.29 is 23.9 Å². The van der Waals surface area contributed by atoms with E-state index in [0.29, 0.717) is 12.2 Å². The van der Waals surface area contributed by atoms with Crippen LogP contribution in [0, 0.1) is 0 Å². The highest BCUT2D eigenvalue weighted by atomic mass is 32.2. The molecule has 7 nitrogen and oxygen atoms in total. The second-order valence-electron chi connectivity index (χ2n) is 3.86. The zero-order chi connectivity index (χ0) is 15.0. The first-order chi connectivity index (χ1) is 9.52. The number of thioether (sulfide) groups is 1. The second kappa shape index (κ2) is 8.26. The minimum Gasteiger partial charge on any atom is -0.480 e. The van der Waals surface area contributed by atoms with Gasteiger partial charge in [0.25, 0.3) is 0 Å². The molecular formula is C12H16N2O5S. The van der Waals surface area contributed by atoms with Crippen molar-refractivity contribution in [3.05, 3.63) is 24.2 Å². The zero-order valence-corrected chi connectivity index (χ0v) is 11.7. The summed E-state index contributed by atoms with van der Waals surface area (Å²) in [6.45, 7) is 1.89. The van der Waals surface area contributed by atoms with Gasteiger partial charge in [-0.15, -0.1) is 11.8 Å². The first kappa shape index (κ1) is 16.1. The monoisotopic (exact) mass is 300 g/mol. The molecule has 0 aliphatic rings. The Morgan fingerprint density at radius 3 is 2.75 bits per heavy atom. The van der Waals surface area contributed by atoms with Gasteiger partial charge in [-0.25, -0.2) is 4.79 Å². The Bertz CT molecular complexity index is 460. The molecule has 3 N–H and O–H groups in total. The fourth-order valence-corrected chi connectivity index (χ4v) is 2.13. The number of aliphatic carboxylic acids is 1. The summed E-state index contributed by atoms with van der Waals surface area (Å²) in [5.74, 6) is -1.02. The quantitative estimate of drug-likeness (QED) is 0.698. The SMILES string of the molecule is CCC(SCC(=O)NC(=O)NCc1ccco1)C(=O)O. The molecule has 1 heterocycles. The molecule has 0 spiro atoms. The predicted molar refractivity (Wildman–Crippen MR) is 73.3 cm³/mol. The van der Waals surface area contributed by atoms with Crippen LogP contribution >= 0.6 is 11.8 Å². The Labute approximate surface area is 120 Å². The van der Waals surface area contributed by atoms with E-state index in [9.17, 15) is 14.4 Å². The van der Waals surface area contributed by atoms with Gasteiger partial charge >= 0.3 is 12.0 Å². The fourth-order valence-electron chi connectivity index (χ4n) is 1.33. The van der Waals surface area contributed by atoms with E-state index in [4.69, 9.17) is 9.52 Å². The molecule has 0 aliphatic heterocycles. The lowest BCUT2D eigenvalue weighted by molar-refractivity contribution is -0.136.